The molecular weight excluding hydrogens is 250 g/mol. The van der Waals surface area contributed by atoms with Crippen molar-refractivity contribution in [2.75, 3.05) is 0 Å². The van der Waals surface area contributed by atoms with Crippen molar-refractivity contribution in [3.63, 3.8) is 0 Å². The van der Waals surface area contributed by atoms with Crippen LogP contribution in [-0.4, -0.2) is 27.4 Å². The van der Waals surface area contributed by atoms with E-state index in [0.29, 0.717) is 6.04 Å². The Kier molecular flexibility index (Phi) is 4.14. The van der Waals surface area contributed by atoms with E-state index >= 15 is 0 Å². The fourth-order valence-electron chi connectivity index (χ4n) is 2.76. The van der Waals surface area contributed by atoms with Crippen LogP contribution in [0.2, 0.25) is 0 Å². The first kappa shape index (κ1) is 13.3. The summed E-state index contributed by atoms with van der Waals surface area (Å²) in [4.78, 5) is 0. The molecule has 0 atom stereocenters. The zero-order chi connectivity index (χ0) is 13.8. The second-order valence-electron chi connectivity index (χ2n) is 5.55. The first-order valence-electron chi connectivity index (χ1n) is 7.31. The van der Waals surface area contributed by atoms with E-state index in [9.17, 15) is 5.11 Å². The number of aromatic nitrogens is 2. The Hall–Kier alpha value is -1.65. The lowest BCUT2D eigenvalue weighted by molar-refractivity contribution is 0.116. The van der Waals surface area contributed by atoms with Gasteiger partial charge in [0.1, 0.15) is 0 Å². The summed E-state index contributed by atoms with van der Waals surface area (Å²) in [6.45, 7) is 0.893. The maximum Gasteiger partial charge on any atom is 0.0650 e. The van der Waals surface area contributed by atoms with Crippen LogP contribution in [0.1, 0.15) is 31.2 Å². The lowest BCUT2D eigenvalue weighted by Gasteiger charge is -2.26. The van der Waals surface area contributed by atoms with Gasteiger partial charge < -0.3 is 10.4 Å². The van der Waals surface area contributed by atoms with Crippen LogP contribution >= 0.6 is 0 Å². The van der Waals surface area contributed by atoms with E-state index in [1.54, 1.807) is 6.20 Å². The fraction of sp³-hybridized carbons (Fsp3) is 0.438. The van der Waals surface area contributed by atoms with E-state index in [4.69, 9.17) is 0 Å². The number of nitrogens with zero attached hydrogens (tertiary/aromatic N) is 1. The summed E-state index contributed by atoms with van der Waals surface area (Å²) in [5, 5.41) is 20.0. The van der Waals surface area contributed by atoms with Gasteiger partial charge in [-0.2, -0.15) is 5.10 Å². The van der Waals surface area contributed by atoms with Crippen molar-refractivity contribution in [2.24, 2.45) is 0 Å². The van der Waals surface area contributed by atoms with E-state index in [2.05, 4.69) is 39.8 Å². The van der Waals surface area contributed by atoms with Crippen LogP contribution in [0, 0.1) is 0 Å². The molecule has 0 aliphatic heterocycles. The minimum Gasteiger partial charge on any atom is -0.393 e. The first-order valence-corrected chi connectivity index (χ1v) is 7.31. The van der Waals surface area contributed by atoms with Crippen molar-refractivity contribution in [2.45, 2.75) is 44.4 Å². The molecule has 1 fully saturated rings. The van der Waals surface area contributed by atoms with Gasteiger partial charge >= 0.3 is 0 Å². The maximum atomic E-state index is 9.50. The lowest BCUT2D eigenvalue weighted by atomic mass is 9.93. The molecule has 1 aliphatic rings. The summed E-state index contributed by atoms with van der Waals surface area (Å²) < 4.78 is 0. The maximum absolute atomic E-state index is 9.50. The van der Waals surface area contributed by atoms with Gasteiger partial charge in [0.05, 0.1) is 11.8 Å². The number of benzene rings is 1. The highest BCUT2D eigenvalue weighted by Crippen LogP contribution is 2.20. The normalized spacial score (nSPS) is 22.9. The van der Waals surface area contributed by atoms with Gasteiger partial charge in [0.2, 0.25) is 0 Å². The molecule has 20 heavy (non-hydrogen) atoms. The van der Waals surface area contributed by atoms with E-state index in [1.807, 2.05) is 6.07 Å². The molecule has 1 aliphatic carbocycles. The molecule has 1 heterocycles. The van der Waals surface area contributed by atoms with Crippen LogP contribution in [0.3, 0.4) is 0 Å². The number of rotatable bonds is 4. The van der Waals surface area contributed by atoms with Gasteiger partial charge in [0.15, 0.2) is 0 Å². The van der Waals surface area contributed by atoms with Gasteiger partial charge in [-0.05, 0) is 42.9 Å². The SMILES string of the molecule is OC1CCC(NCc2ccc(-c3ccn[nH]3)cc2)CC1. The van der Waals surface area contributed by atoms with Crippen LogP contribution in [0.25, 0.3) is 11.3 Å². The minimum absolute atomic E-state index is 0.0817. The van der Waals surface area contributed by atoms with Gasteiger partial charge in [-0.3, -0.25) is 5.10 Å². The zero-order valence-electron chi connectivity index (χ0n) is 11.5. The number of hydrogen-bond donors (Lipinski definition) is 3. The Labute approximate surface area is 119 Å². The summed E-state index contributed by atoms with van der Waals surface area (Å²) in [5.74, 6) is 0. The van der Waals surface area contributed by atoms with Gasteiger partial charge in [0, 0.05) is 18.8 Å². The minimum atomic E-state index is -0.0817. The van der Waals surface area contributed by atoms with Crippen molar-refractivity contribution < 1.29 is 5.11 Å². The van der Waals surface area contributed by atoms with Crippen molar-refractivity contribution in [3.05, 3.63) is 42.1 Å². The van der Waals surface area contributed by atoms with Gasteiger partial charge in [-0.15, -0.1) is 0 Å². The molecule has 0 radical (unpaired) electrons. The van der Waals surface area contributed by atoms with E-state index in [0.717, 1.165) is 43.5 Å². The second-order valence-corrected chi connectivity index (χ2v) is 5.55. The van der Waals surface area contributed by atoms with Crippen LogP contribution in [0.15, 0.2) is 36.5 Å². The fourth-order valence-corrected chi connectivity index (χ4v) is 2.76. The summed E-state index contributed by atoms with van der Waals surface area (Å²) in [6, 6.07) is 11.1. The van der Waals surface area contributed by atoms with Crippen molar-refractivity contribution in [3.8, 4) is 11.3 Å². The Balaban J connectivity index is 1.53. The molecule has 0 spiro atoms. The highest BCUT2D eigenvalue weighted by atomic mass is 16.3. The number of H-pyrrole nitrogens is 1. The third kappa shape index (κ3) is 3.26. The average molecular weight is 271 g/mol. The quantitative estimate of drug-likeness (QED) is 0.800. The Morgan fingerprint density at radius 3 is 2.50 bits per heavy atom. The van der Waals surface area contributed by atoms with E-state index in [1.165, 1.54) is 5.56 Å². The summed E-state index contributed by atoms with van der Waals surface area (Å²) in [6.07, 6.45) is 5.69. The highest BCUT2D eigenvalue weighted by Gasteiger charge is 2.18. The van der Waals surface area contributed by atoms with E-state index in [-0.39, 0.29) is 6.10 Å². The third-order valence-electron chi connectivity index (χ3n) is 4.06. The molecule has 0 amide bonds. The molecule has 4 heteroatoms. The molecule has 0 bridgehead atoms. The summed E-state index contributed by atoms with van der Waals surface area (Å²) in [7, 11) is 0. The number of aliphatic hydroxyl groups excluding tert-OH is 1. The summed E-state index contributed by atoms with van der Waals surface area (Å²) >= 11 is 0. The molecule has 0 unspecified atom stereocenters. The molecular formula is C16H21N3O. The molecule has 3 N–H and O–H groups in total. The van der Waals surface area contributed by atoms with Crippen molar-refractivity contribution in [1.29, 1.82) is 0 Å². The molecule has 0 saturated heterocycles. The standard InChI is InChI=1S/C16H21N3O/c20-15-7-5-14(6-8-15)17-11-12-1-3-13(4-2-12)16-9-10-18-19-16/h1-4,9-10,14-15,17,20H,5-8,11H2,(H,18,19). The predicted octanol–water partition coefficient (Wildman–Crippen LogP) is 2.47. The molecule has 1 aromatic carbocycles. The highest BCUT2D eigenvalue weighted by molar-refractivity contribution is 5.58. The predicted molar refractivity (Wildman–Crippen MR) is 79.1 cm³/mol. The number of hydrogen-bond acceptors (Lipinski definition) is 3. The van der Waals surface area contributed by atoms with Crippen LogP contribution in [0.5, 0.6) is 0 Å². The smallest absolute Gasteiger partial charge is 0.0650 e. The number of aliphatic hydroxyl groups is 1. The topological polar surface area (TPSA) is 60.9 Å². The Morgan fingerprint density at radius 1 is 1.10 bits per heavy atom. The Morgan fingerprint density at radius 2 is 1.85 bits per heavy atom. The third-order valence-corrected chi connectivity index (χ3v) is 4.06. The number of aromatic amines is 1. The van der Waals surface area contributed by atoms with Gasteiger partial charge in [0.25, 0.3) is 0 Å². The lowest BCUT2D eigenvalue weighted by Crippen LogP contribution is -2.34. The largest absolute Gasteiger partial charge is 0.393 e. The number of nitrogens with one attached hydrogen (secondary N) is 2. The molecule has 1 aromatic heterocycles. The Bertz CT molecular complexity index is 513. The monoisotopic (exact) mass is 271 g/mol. The molecule has 1 saturated carbocycles. The van der Waals surface area contributed by atoms with Crippen LogP contribution in [-0.2, 0) is 6.54 Å². The first-order chi connectivity index (χ1) is 9.81. The second kappa shape index (κ2) is 6.20. The van der Waals surface area contributed by atoms with Gasteiger partial charge in [-0.1, -0.05) is 24.3 Å². The molecule has 3 rings (SSSR count). The molecule has 4 nitrogen and oxygen atoms in total. The molecule has 106 valence electrons. The van der Waals surface area contributed by atoms with Crippen molar-refractivity contribution in [1.82, 2.24) is 15.5 Å². The summed E-state index contributed by atoms with van der Waals surface area (Å²) in [5.41, 5.74) is 3.50. The zero-order valence-corrected chi connectivity index (χ0v) is 11.5. The van der Waals surface area contributed by atoms with Gasteiger partial charge in [-0.25, -0.2) is 0 Å². The van der Waals surface area contributed by atoms with E-state index < -0.39 is 0 Å². The van der Waals surface area contributed by atoms with Crippen LogP contribution < -0.4 is 5.32 Å². The average Bonchev–Trinajstić information content (AvgIpc) is 3.01. The van der Waals surface area contributed by atoms with Crippen molar-refractivity contribution >= 4 is 0 Å². The molecule has 2 aromatic rings. The van der Waals surface area contributed by atoms with Crippen LogP contribution in [0.4, 0.5) is 0 Å².